The maximum Gasteiger partial charge on any atom is 0.292 e. The maximum atomic E-state index is 12.8. The molecule has 1 N–H and O–H groups in total. The van der Waals surface area contributed by atoms with Gasteiger partial charge in [-0.1, -0.05) is 11.6 Å². The van der Waals surface area contributed by atoms with Crippen molar-refractivity contribution in [3.8, 4) is 11.4 Å². The van der Waals surface area contributed by atoms with Gasteiger partial charge in [-0.05, 0) is 55.9 Å². The van der Waals surface area contributed by atoms with Crippen LogP contribution in [-0.2, 0) is 14.9 Å². The Hall–Kier alpha value is -2.18. The summed E-state index contributed by atoms with van der Waals surface area (Å²) in [6.45, 7) is 3.01. The van der Waals surface area contributed by atoms with Crippen LogP contribution < -0.4 is 15.6 Å². The molecule has 0 spiro atoms. The first-order valence-electron chi connectivity index (χ1n) is 11.8. The summed E-state index contributed by atoms with van der Waals surface area (Å²) in [5.74, 6) is 1.04. The van der Waals surface area contributed by atoms with Crippen LogP contribution in [0.5, 0.6) is 5.75 Å². The molecule has 0 unspecified atom stereocenters. The van der Waals surface area contributed by atoms with E-state index in [-0.39, 0.29) is 11.1 Å². The monoisotopic (exact) mass is 525 g/mol. The third kappa shape index (κ3) is 6.15. The van der Waals surface area contributed by atoms with Gasteiger partial charge >= 0.3 is 0 Å². The van der Waals surface area contributed by atoms with E-state index in [1.807, 2.05) is 0 Å². The molecule has 0 aliphatic carbocycles. The minimum atomic E-state index is -3.40. The van der Waals surface area contributed by atoms with E-state index in [9.17, 15) is 13.2 Å². The molecule has 4 rings (SSSR count). The van der Waals surface area contributed by atoms with Crippen LogP contribution in [0.25, 0.3) is 5.69 Å². The molecule has 3 heterocycles. The van der Waals surface area contributed by atoms with Gasteiger partial charge in [0.15, 0.2) is 0 Å². The van der Waals surface area contributed by atoms with E-state index >= 15 is 0 Å². The Morgan fingerprint density at radius 1 is 1.20 bits per heavy atom. The average Bonchev–Trinajstić information content (AvgIpc) is 2.86. The lowest BCUT2D eigenvalue weighted by Crippen LogP contribution is -2.46. The van der Waals surface area contributed by atoms with E-state index in [0.29, 0.717) is 62.1 Å². The van der Waals surface area contributed by atoms with Crippen LogP contribution >= 0.6 is 11.6 Å². The maximum absolute atomic E-state index is 12.8. The zero-order valence-electron chi connectivity index (χ0n) is 20.0. The second-order valence-electron chi connectivity index (χ2n) is 9.05. The number of halogens is 1. The second kappa shape index (κ2) is 11.3. The predicted octanol–water partition coefficient (Wildman–Crippen LogP) is 2.37. The Balaban J connectivity index is 1.35. The van der Waals surface area contributed by atoms with Crippen LogP contribution in [0, 0.1) is 5.92 Å². The van der Waals surface area contributed by atoms with Crippen molar-refractivity contribution in [2.75, 3.05) is 52.3 Å². The van der Waals surface area contributed by atoms with Crippen LogP contribution in [0.15, 0.2) is 35.3 Å². The third-order valence-electron chi connectivity index (χ3n) is 6.33. The SMILES string of the molecule is CN(C)S(=O)(=O)N1CCC(Oc2ccc(-n3ncc(NC[C@H]4CCCOC4)c(Cl)c3=O)cc2)CC1. The van der Waals surface area contributed by atoms with Crippen molar-refractivity contribution in [1.29, 1.82) is 0 Å². The van der Waals surface area contributed by atoms with Crippen molar-refractivity contribution in [3.05, 3.63) is 45.8 Å². The number of rotatable bonds is 8. The van der Waals surface area contributed by atoms with E-state index in [0.717, 1.165) is 19.4 Å². The summed E-state index contributed by atoms with van der Waals surface area (Å²) in [6.07, 6.45) is 4.81. The number of benzene rings is 1. The fourth-order valence-corrected chi connectivity index (χ4v) is 5.56. The molecular formula is C23H32ClN5O5S. The fraction of sp³-hybridized carbons (Fsp3) is 0.565. The largest absolute Gasteiger partial charge is 0.490 e. The van der Waals surface area contributed by atoms with Gasteiger partial charge in [0.25, 0.3) is 15.8 Å². The zero-order valence-corrected chi connectivity index (χ0v) is 21.6. The van der Waals surface area contributed by atoms with Gasteiger partial charge in [0.1, 0.15) is 16.9 Å². The molecule has 2 aliphatic heterocycles. The first-order valence-corrected chi connectivity index (χ1v) is 13.6. The van der Waals surface area contributed by atoms with Crippen molar-refractivity contribution >= 4 is 27.5 Å². The standard InChI is InChI=1S/C23H32ClN5O5S/c1-27(2)35(31,32)28-11-9-20(10-12-28)34-19-7-5-18(6-8-19)29-23(30)22(24)21(15-26-29)25-14-17-4-3-13-33-16-17/h5-8,15,17,20,25H,3-4,9-14,16H2,1-2H3/t17-/m1/s1. The van der Waals surface area contributed by atoms with Crippen LogP contribution in [-0.4, -0.2) is 79.9 Å². The molecule has 12 heteroatoms. The molecule has 1 aromatic carbocycles. The average molecular weight is 526 g/mol. The summed E-state index contributed by atoms with van der Waals surface area (Å²) in [4.78, 5) is 12.8. The van der Waals surface area contributed by atoms with E-state index in [4.69, 9.17) is 21.1 Å². The van der Waals surface area contributed by atoms with Crippen LogP contribution in [0.1, 0.15) is 25.7 Å². The van der Waals surface area contributed by atoms with E-state index in [2.05, 4.69) is 10.4 Å². The molecule has 0 saturated carbocycles. The van der Waals surface area contributed by atoms with Crippen molar-refractivity contribution in [2.24, 2.45) is 5.92 Å². The highest BCUT2D eigenvalue weighted by Crippen LogP contribution is 2.23. The van der Waals surface area contributed by atoms with Crippen LogP contribution in [0.3, 0.4) is 0 Å². The fourth-order valence-electron chi connectivity index (χ4n) is 4.23. The van der Waals surface area contributed by atoms with Gasteiger partial charge in [-0.25, -0.2) is 0 Å². The quantitative estimate of drug-likeness (QED) is 0.564. The lowest BCUT2D eigenvalue weighted by molar-refractivity contribution is 0.0595. The van der Waals surface area contributed by atoms with E-state index < -0.39 is 15.8 Å². The van der Waals surface area contributed by atoms with Crippen molar-refractivity contribution in [3.63, 3.8) is 0 Å². The second-order valence-corrected chi connectivity index (χ2v) is 11.6. The number of nitrogens with zero attached hydrogens (tertiary/aromatic N) is 4. The Bertz CT molecular complexity index is 1160. The molecule has 2 saturated heterocycles. The van der Waals surface area contributed by atoms with Gasteiger partial charge in [-0.2, -0.15) is 26.8 Å². The molecule has 192 valence electrons. The summed E-state index contributed by atoms with van der Waals surface area (Å²) in [5.41, 5.74) is 0.684. The van der Waals surface area contributed by atoms with Crippen molar-refractivity contribution in [1.82, 2.24) is 18.4 Å². The van der Waals surface area contributed by atoms with E-state index in [1.54, 1.807) is 30.5 Å². The van der Waals surface area contributed by atoms with Crippen LogP contribution in [0.4, 0.5) is 5.69 Å². The first-order chi connectivity index (χ1) is 16.8. The lowest BCUT2D eigenvalue weighted by Gasteiger charge is -2.32. The zero-order chi connectivity index (χ0) is 25.0. The van der Waals surface area contributed by atoms with Crippen LogP contribution in [0.2, 0.25) is 5.02 Å². The van der Waals surface area contributed by atoms with Gasteiger partial charge in [0.05, 0.1) is 24.2 Å². The minimum Gasteiger partial charge on any atom is -0.490 e. The highest BCUT2D eigenvalue weighted by atomic mass is 35.5. The Labute approximate surface area is 210 Å². The molecular weight excluding hydrogens is 494 g/mol. The molecule has 0 amide bonds. The number of hydrogen-bond donors (Lipinski definition) is 1. The van der Waals surface area contributed by atoms with Crippen molar-refractivity contribution < 1.29 is 17.9 Å². The molecule has 0 bridgehead atoms. The highest BCUT2D eigenvalue weighted by molar-refractivity contribution is 7.86. The predicted molar refractivity (Wildman–Crippen MR) is 135 cm³/mol. The summed E-state index contributed by atoms with van der Waals surface area (Å²) < 4.78 is 40.0. The summed E-state index contributed by atoms with van der Waals surface area (Å²) >= 11 is 6.35. The van der Waals surface area contributed by atoms with E-state index in [1.165, 1.54) is 27.4 Å². The Morgan fingerprint density at radius 2 is 1.91 bits per heavy atom. The molecule has 1 aromatic heterocycles. The van der Waals surface area contributed by atoms with Gasteiger partial charge in [0, 0.05) is 40.3 Å². The number of hydrogen-bond acceptors (Lipinski definition) is 7. The van der Waals surface area contributed by atoms with Crippen molar-refractivity contribution in [2.45, 2.75) is 31.8 Å². The molecule has 2 aliphatic rings. The number of aromatic nitrogens is 2. The Morgan fingerprint density at radius 3 is 2.54 bits per heavy atom. The molecule has 2 fully saturated rings. The number of anilines is 1. The lowest BCUT2D eigenvalue weighted by atomic mass is 10.0. The topological polar surface area (TPSA) is 106 Å². The molecule has 1 atom stereocenters. The summed E-state index contributed by atoms with van der Waals surface area (Å²) in [7, 11) is -0.339. The molecule has 2 aromatic rings. The third-order valence-corrected chi connectivity index (χ3v) is 8.63. The normalized spacial score (nSPS) is 20.2. The van der Waals surface area contributed by atoms with Gasteiger partial charge in [-0.15, -0.1) is 0 Å². The number of ether oxygens (including phenoxy) is 2. The van der Waals surface area contributed by atoms with Gasteiger partial charge in [0.2, 0.25) is 0 Å². The summed E-state index contributed by atoms with van der Waals surface area (Å²) in [6, 6.07) is 7.04. The Kier molecular flexibility index (Phi) is 8.33. The summed E-state index contributed by atoms with van der Waals surface area (Å²) in [5, 5.41) is 7.60. The minimum absolute atomic E-state index is 0.0790. The molecule has 0 radical (unpaired) electrons. The molecule has 35 heavy (non-hydrogen) atoms. The smallest absolute Gasteiger partial charge is 0.292 e. The van der Waals surface area contributed by atoms with Gasteiger partial charge in [-0.3, -0.25) is 4.79 Å². The highest BCUT2D eigenvalue weighted by Gasteiger charge is 2.30. The first kappa shape index (κ1) is 25.9. The van der Waals surface area contributed by atoms with Gasteiger partial charge < -0.3 is 14.8 Å². The number of nitrogens with one attached hydrogen (secondary N) is 1. The molecule has 10 nitrogen and oxygen atoms in total. The number of piperidine rings is 1.